The van der Waals surface area contributed by atoms with Gasteiger partial charge in [-0.25, -0.2) is 8.42 Å². The van der Waals surface area contributed by atoms with E-state index < -0.39 is 10.0 Å². The molecule has 0 saturated carbocycles. The zero-order valence-corrected chi connectivity index (χ0v) is 18.3. The molecule has 0 fully saturated rings. The predicted octanol–water partition coefficient (Wildman–Crippen LogP) is 3.44. The number of thiazole rings is 1. The highest BCUT2D eigenvalue weighted by molar-refractivity contribution is 7.92. The maximum atomic E-state index is 12.3. The van der Waals surface area contributed by atoms with Crippen molar-refractivity contribution in [1.82, 2.24) is 4.57 Å². The first-order valence-corrected chi connectivity index (χ1v) is 11.8. The van der Waals surface area contributed by atoms with Gasteiger partial charge in [-0.15, -0.1) is 0 Å². The van der Waals surface area contributed by atoms with Crippen LogP contribution in [-0.4, -0.2) is 31.7 Å². The minimum Gasteiger partial charge on any atom is -0.326 e. The van der Waals surface area contributed by atoms with E-state index in [0.29, 0.717) is 22.8 Å². The molecule has 1 aromatic heterocycles. The number of aromatic nitrogens is 1. The van der Waals surface area contributed by atoms with Crippen LogP contribution in [0.25, 0.3) is 10.2 Å². The van der Waals surface area contributed by atoms with Gasteiger partial charge >= 0.3 is 4.87 Å². The van der Waals surface area contributed by atoms with Crippen molar-refractivity contribution in [3.63, 3.8) is 0 Å². The molecule has 0 bridgehead atoms. The van der Waals surface area contributed by atoms with Gasteiger partial charge in [-0.2, -0.15) is 0 Å². The topological polar surface area (TPSA) is 88.5 Å². The smallest absolute Gasteiger partial charge is 0.307 e. The first-order valence-electron chi connectivity index (χ1n) is 8.78. The van der Waals surface area contributed by atoms with E-state index in [1.54, 1.807) is 54.1 Å². The van der Waals surface area contributed by atoms with E-state index in [-0.39, 0.29) is 23.7 Å². The highest BCUT2D eigenvalue weighted by atomic mass is 35.5. The van der Waals surface area contributed by atoms with Gasteiger partial charge in [0, 0.05) is 30.7 Å². The van der Waals surface area contributed by atoms with Crippen LogP contribution in [0.1, 0.15) is 12.8 Å². The number of anilines is 2. The molecule has 0 unspecified atom stereocenters. The number of halogens is 1. The van der Waals surface area contributed by atoms with Gasteiger partial charge in [-0.05, 0) is 42.8 Å². The van der Waals surface area contributed by atoms with Crippen LogP contribution in [0.3, 0.4) is 0 Å². The lowest BCUT2D eigenvalue weighted by atomic mass is 10.2. The number of rotatable bonds is 7. The van der Waals surface area contributed by atoms with Crippen molar-refractivity contribution in [2.75, 3.05) is 22.4 Å². The summed E-state index contributed by atoms with van der Waals surface area (Å²) in [6.45, 7) is 0.159. The highest BCUT2D eigenvalue weighted by Gasteiger charge is 2.18. The van der Waals surface area contributed by atoms with Crippen LogP contribution >= 0.6 is 22.9 Å². The summed E-state index contributed by atoms with van der Waals surface area (Å²) in [6.07, 6.45) is 1.61. The number of nitrogens with one attached hydrogen (secondary N) is 1. The van der Waals surface area contributed by atoms with Crippen LogP contribution in [-0.2, 0) is 21.9 Å². The van der Waals surface area contributed by atoms with Crippen LogP contribution in [0.2, 0.25) is 5.02 Å². The summed E-state index contributed by atoms with van der Waals surface area (Å²) < 4.78 is 27.8. The van der Waals surface area contributed by atoms with Crippen LogP contribution in [0.4, 0.5) is 11.4 Å². The SMILES string of the molecule is Cn1c(=O)sc2cc(NC(=O)CCCN(c3cccc(Cl)c3)S(C)(=O)=O)ccc21. The second kappa shape index (κ2) is 8.56. The number of benzene rings is 2. The largest absolute Gasteiger partial charge is 0.326 e. The lowest BCUT2D eigenvalue weighted by Gasteiger charge is -2.22. The molecule has 1 N–H and O–H groups in total. The third-order valence-corrected chi connectivity index (χ3v) is 6.76. The molecule has 0 saturated heterocycles. The number of aryl methyl sites for hydroxylation is 1. The van der Waals surface area contributed by atoms with Crippen molar-refractivity contribution in [3.05, 3.63) is 57.2 Å². The van der Waals surface area contributed by atoms with Gasteiger partial charge in [0.25, 0.3) is 0 Å². The lowest BCUT2D eigenvalue weighted by Crippen LogP contribution is -2.31. The van der Waals surface area contributed by atoms with Gasteiger partial charge in [0.1, 0.15) is 0 Å². The molecule has 0 aliphatic rings. The third kappa shape index (κ3) is 5.17. The first-order chi connectivity index (χ1) is 13.6. The van der Waals surface area contributed by atoms with E-state index >= 15 is 0 Å². The molecule has 0 radical (unpaired) electrons. The Hall–Kier alpha value is -2.36. The average molecular weight is 454 g/mol. The molecule has 0 spiro atoms. The summed E-state index contributed by atoms with van der Waals surface area (Å²) in [5.41, 5.74) is 1.87. The summed E-state index contributed by atoms with van der Waals surface area (Å²) in [5, 5.41) is 3.23. The summed E-state index contributed by atoms with van der Waals surface area (Å²) in [6, 6.07) is 11.9. The van der Waals surface area contributed by atoms with Crippen LogP contribution in [0, 0.1) is 0 Å². The Bertz CT molecular complexity index is 1220. The van der Waals surface area contributed by atoms with Crippen molar-refractivity contribution in [3.8, 4) is 0 Å². The van der Waals surface area contributed by atoms with Gasteiger partial charge < -0.3 is 9.88 Å². The summed E-state index contributed by atoms with van der Waals surface area (Å²) in [5.74, 6) is -0.229. The minimum atomic E-state index is -3.51. The van der Waals surface area contributed by atoms with Crippen LogP contribution < -0.4 is 14.5 Å². The maximum absolute atomic E-state index is 12.3. The van der Waals surface area contributed by atoms with Crippen molar-refractivity contribution < 1.29 is 13.2 Å². The molecule has 1 heterocycles. The molecule has 10 heteroatoms. The molecule has 2 aromatic carbocycles. The second-order valence-corrected chi connectivity index (χ2v) is 9.91. The molecule has 3 aromatic rings. The van der Waals surface area contributed by atoms with Gasteiger partial charge in [0.2, 0.25) is 15.9 Å². The number of carbonyl (C=O) groups excluding carboxylic acids is 1. The number of hydrogen-bond donors (Lipinski definition) is 1. The normalized spacial score (nSPS) is 11.6. The number of fused-ring (bicyclic) bond motifs is 1. The van der Waals surface area contributed by atoms with Crippen molar-refractivity contribution >= 4 is 60.5 Å². The zero-order valence-electron chi connectivity index (χ0n) is 15.9. The molecule has 1 amide bonds. The number of carbonyl (C=O) groups is 1. The van der Waals surface area contributed by atoms with Gasteiger partial charge in [0.15, 0.2) is 0 Å². The van der Waals surface area contributed by atoms with E-state index in [1.807, 2.05) is 0 Å². The highest BCUT2D eigenvalue weighted by Crippen LogP contribution is 2.23. The summed E-state index contributed by atoms with van der Waals surface area (Å²) in [7, 11) is -1.80. The van der Waals surface area contributed by atoms with E-state index in [2.05, 4.69) is 5.32 Å². The Morgan fingerprint density at radius 1 is 1.24 bits per heavy atom. The van der Waals surface area contributed by atoms with E-state index in [9.17, 15) is 18.0 Å². The predicted molar refractivity (Wildman–Crippen MR) is 119 cm³/mol. The third-order valence-electron chi connectivity index (χ3n) is 4.34. The Labute approximate surface area is 177 Å². The Kier molecular flexibility index (Phi) is 6.30. The molecule has 7 nitrogen and oxygen atoms in total. The van der Waals surface area contributed by atoms with Gasteiger partial charge in [-0.3, -0.25) is 13.9 Å². The Morgan fingerprint density at radius 2 is 2.00 bits per heavy atom. The molecule has 0 atom stereocenters. The standard InChI is InChI=1S/C19H20ClN3O4S2/c1-22-16-9-8-14(12-17(16)28-19(22)25)21-18(24)7-4-10-23(29(2,26)27)15-6-3-5-13(20)11-15/h3,5-6,8-9,11-12H,4,7,10H2,1-2H3,(H,21,24). The monoisotopic (exact) mass is 453 g/mol. The van der Waals surface area contributed by atoms with E-state index in [4.69, 9.17) is 11.6 Å². The summed E-state index contributed by atoms with van der Waals surface area (Å²) in [4.78, 5) is 23.9. The van der Waals surface area contributed by atoms with E-state index in [1.165, 1.54) is 4.31 Å². The van der Waals surface area contributed by atoms with E-state index in [0.717, 1.165) is 27.8 Å². The zero-order chi connectivity index (χ0) is 21.2. The number of hydrogen-bond acceptors (Lipinski definition) is 5. The quantitative estimate of drug-likeness (QED) is 0.593. The average Bonchev–Trinajstić information content (AvgIpc) is 2.91. The second-order valence-electron chi connectivity index (χ2n) is 6.58. The number of nitrogens with zero attached hydrogens (tertiary/aromatic N) is 2. The van der Waals surface area contributed by atoms with Crippen molar-refractivity contribution in [1.29, 1.82) is 0 Å². The minimum absolute atomic E-state index is 0.0645. The maximum Gasteiger partial charge on any atom is 0.307 e. The summed E-state index contributed by atoms with van der Waals surface area (Å²) >= 11 is 7.08. The fraction of sp³-hybridized carbons (Fsp3) is 0.263. The van der Waals surface area contributed by atoms with Crippen LogP contribution in [0.15, 0.2) is 47.3 Å². The van der Waals surface area contributed by atoms with Crippen molar-refractivity contribution in [2.24, 2.45) is 7.05 Å². The number of amides is 1. The molecular weight excluding hydrogens is 434 g/mol. The fourth-order valence-electron chi connectivity index (χ4n) is 2.94. The van der Waals surface area contributed by atoms with Crippen LogP contribution in [0.5, 0.6) is 0 Å². The fourth-order valence-corrected chi connectivity index (χ4v) is 5.00. The number of sulfonamides is 1. The van der Waals surface area contributed by atoms with Crippen molar-refractivity contribution in [2.45, 2.75) is 12.8 Å². The molecule has 0 aliphatic carbocycles. The molecular formula is C19H20ClN3O4S2. The Morgan fingerprint density at radius 3 is 2.69 bits per heavy atom. The first kappa shape index (κ1) is 21.4. The van der Waals surface area contributed by atoms with Gasteiger partial charge in [-0.1, -0.05) is 29.0 Å². The molecule has 0 aliphatic heterocycles. The molecule has 3 rings (SSSR count). The molecule has 29 heavy (non-hydrogen) atoms. The molecule has 154 valence electrons. The van der Waals surface area contributed by atoms with Gasteiger partial charge in [0.05, 0.1) is 22.2 Å². The lowest BCUT2D eigenvalue weighted by molar-refractivity contribution is -0.116. The Balaban J connectivity index is 1.63.